The summed E-state index contributed by atoms with van der Waals surface area (Å²) in [6.45, 7) is 1.42. The van der Waals surface area contributed by atoms with Gasteiger partial charge >= 0.3 is 5.97 Å². The fourth-order valence-electron chi connectivity index (χ4n) is 2.13. The van der Waals surface area contributed by atoms with Gasteiger partial charge in [0, 0.05) is 35.5 Å². The molecule has 1 atom stereocenters. The number of esters is 1. The Bertz CT molecular complexity index is 1020. The molecule has 0 aliphatic heterocycles. The molecule has 2 heterocycles. The topological polar surface area (TPSA) is 137 Å². The Morgan fingerprint density at radius 3 is 2.86 bits per heavy atom. The molecule has 10 nitrogen and oxygen atoms in total. The summed E-state index contributed by atoms with van der Waals surface area (Å²) in [7, 11) is 0. The lowest BCUT2D eigenvalue weighted by Crippen LogP contribution is -2.30. The van der Waals surface area contributed by atoms with Crippen LogP contribution in [0.15, 0.2) is 48.2 Å². The van der Waals surface area contributed by atoms with Crippen LogP contribution in [0.4, 0.5) is 10.8 Å². The lowest BCUT2D eigenvalue weighted by Gasteiger charge is -2.11. The number of carbonyl (C=O) groups is 2. The van der Waals surface area contributed by atoms with Crippen LogP contribution < -0.4 is 5.32 Å². The third kappa shape index (κ3) is 4.51. The normalized spacial score (nSPS) is 11.5. The highest BCUT2D eigenvalue weighted by atomic mass is 32.1. The molecule has 2 aromatic heterocycles. The summed E-state index contributed by atoms with van der Waals surface area (Å²) in [6, 6.07) is 6.01. The Hall–Kier alpha value is -3.73. The van der Waals surface area contributed by atoms with Crippen molar-refractivity contribution in [3.05, 3.63) is 64.0 Å². The van der Waals surface area contributed by atoms with E-state index < -0.39 is 22.9 Å². The molecule has 3 aromatic rings. The highest BCUT2D eigenvalue weighted by Crippen LogP contribution is 2.27. The molecule has 0 saturated carbocycles. The number of hydrogen-bond donors (Lipinski definition) is 1. The molecule has 0 spiro atoms. The van der Waals surface area contributed by atoms with Crippen molar-refractivity contribution in [2.75, 3.05) is 5.32 Å². The van der Waals surface area contributed by atoms with Crippen molar-refractivity contribution in [2.45, 2.75) is 13.0 Å². The lowest BCUT2D eigenvalue weighted by atomic mass is 10.1. The second kappa shape index (κ2) is 8.31. The number of ether oxygens (including phenoxy) is 1. The molecule has 11 heteroatoms. The van der Waals surface area contributed by atoms with E-state index in [2.05, 4.69) is 20.3 Å². The standard InChI is InChI=1S/C17H13N5O5S/c1-10(27-16(24)13-8-18-5-6-19-13)15(23)21-17-20-14(9-28-17)11-3-2-4-12(7-11)22(25)26/h2-10H,1H3,(H,20,21,23). The Morgan fingerprint density at radius 1 is 1.32 bits per heavy atom. The maximum absolute atomic E-state index is 12.2. The number of nitro groups is 1. The quantitative estimate of drug-likeness (QED) is 0.379. The molecule has 28 heavy (non-hydrogen) atoms. The third-order valence-electron chi connectivity index (χ3n) is 3.51. The van der Waals surface area contributed by atoms with Gasteiger partial charge < -0.3 is 4.74 Å². The molecule has 0 aliphatic carbocycles. The van der Waals surface area contributed by atoms with E-state index in [1.54, 1.807) is 17.5 Å². The number of carbonyl (C=O) groups excluding carboxylic acids is 2. The van der Waals surface area contributed by atoms with Gasteiger partial charge in [0.15, 0.2) is 16.9 Å². The molecule has 0 bridgehead atoms. The molecule has 0 radical (unpaired) electrons. The number of anilines is 1. The highest BCUT2D eigenvalue weighted by molar-refractivity contribution is 7.14. The summed E-state index contributed by atoms with van der Waals surface area (Å²) in [5.41, 5.74) is 0.964. The molecule has 0 saturated heterocycles. The van der Waals surface area contributed by atoms with Crippen molar-refractivity contribution in [1.29, 1.82) is 0 Å². The first kappa shape index (κ1) is 19.0. The van der Waals surface area contributed by atoms with Crippen LogP contribution in [0.25, 0.3) is 11.3 Å². The molecule has 1 amide bonds. The van der Waals surface area contributed by atoms with E-state index in [1.807, 2.05) is 0 Å². The number of benzene rings is 1. The largest absolute Gasteiger partial charge is 0.448 e. The van der Waals surface area contributed by atoms with Gasteiger partial charge in [0.2, 0.25) is 0 Å². The predicted octanol–water partition coefficient (Wildman–Crippen LogP) is 2.69. The Morgan fingerprint density at radius 2 is 2.14 bits per heavy atom. The SMILES string of the molecule is CC(OC(=O)c1cnccn1)C(=O)Nc1nc(-c2cccc([N+](=O)[O-])c2)cs1. The smallest absolute Gasteiger partial charge is 0.359 e. The second-order valence-corrected chi connectivity index (χ2v) is 6.33. The summed E-state index contributed by atoms with van der Waals surface area (Å²) in [6.07, 6.45) is 2.90. The van der Waals surface area contributed by atoms with Crippen LogP contribution in [0.3, 0.4) is 0 Å². The Balaban J connectivity index is 1.64. The summed E-state index contributed by atoms with van der Waals surface area (Å²) < 4.78 is 5.05. The van der Waals surface area contributed by atoms with Crippen molar-refractivity contribution in [3.8, 4) is 11.3 Å². The number of thiazole rings is 1. The first-order chi connectivity index (χ1) is 13.4. The zero-order chi connectivity index (χ0) is 20.1. The maximum Gasteiger partial charge on any atom is 0.359 e. The molecule has 0 fully saturated rings. The van der Waals surface area contributed by atoms with Gasteiger partial charge in [0.1, 0.15) is 0 Å². The predicted molar refractivity (Wildman–Crippen MR) is 99.7 cm³/mol. The maximum atomic E-state index is 12.2. The van der Waals surface area contributed by atoms with Crippen molar-refractivity contribution in [1.82, 2.24) is 15.0 Å². The Labute approximate surface area is 162 Å². The molecule has 0 aliphatic rings. The van der Waals surface area contributed by atoms with Crippen LogP contribution >= 0.6 is 11.3 Å². The lowest BCUT2D eigenvalue weighted by molar-refractivity contribution is -0.384. The van der Waals surface area contributed by atoms with E-state index >= 15 is 0 Å². The van der Waals surface area contributed by atoms with Crippen LogP contribution in [0.1, 0.15) is 17.4 Å². The van der Waals surface area contributed by atoms with Crippen molar-refractivity contribution in [3.63, 3.8) is 0 Å². The van der Waals surface area contributed by atoms with Crippen LogP contribution in [-0.4, -0.2) is 37.9 Å². The zero-order valence-corrected chi connectivity index (χ0v) is 15.3. The van der Waals surface area contributed by atoms with Crippen molar-refractivity contribution < 1.29 is 19.2 Å². The van der Waals surface area contributed by atoms with Gasteiger partial charge in [-0.15, -0.1) is 11.3 Å². The van der Waals surface area contributed by atoms with E-state index in [-0.39, 0.29) is 16.5 Å². The second-order valence-electron chi connectivity index (χ2n) is 5.47. The van der Waals surface area contributed by atoms with Gasteiger partial charge in [-0.3, -0.25) is 25.2 Å². The van der Waals surface area contributed by atoms with Crippen LogP contribution in [0.5, 0.6) is 0 Å². The van der Waals surface area contributed by atoms with Gasteiger partial charge in [-0.1, -0.05) is 12.1 Å². The van der Waals surface area contributed by atoms with E-state index in [0.717, 1.165) is 11.3 Å². The Kier molecular flexibility index (Phi) is 5.65. The molecule has 1 aromatic carbocycles. The number of non-ortho nitro benzene ring substituents is 1. The van der Waals surface area contributed by atoms with Crippen LogP contribution in [-0.2, 0) is 9.53 Å². The van der Waals surface area contributed by atoms with Gasteiger partial charge in [0.25, 0.3) is 11.6 Å². The van der Waals surface area contributed by atoms with Crippen molar-refractivity contribution in [2.24, 2.45) is 0 Å². The number of nitro benzene ring substituents is 1. The van der Waals surface area contributed by atoms with Gasteiger partial charge in [-0.25, -0.2) is 14.8 Å². The van der Waals surface area contributed by atoms with E-state index in [0.29, 0.717) is 11.3 Å². The number of aromatic nitrogens is 3. The van der Waals surface area contributed by atoms with Gasteiger partial charge in [0.05, 0.1) is 16.8 Å². The van der Waals surface area contributed by atoms with Crippen LogP contribution in [0, 0.1) is 10.1 Å². The average molecular weight is 399 g/mol. The molecular weight excluding hydrogens is 386 g/mol. The first-order valence-corrected chi connectivity index (χ1v) is 8.80. The average Bonchev–Trinajstić information content (AvgIpc) is 3.17. The van der Waals surface area contributed by atoms with Crippen molar-refractivity contribution >= 4 is 34.0 Å². The minimum Gasteiger partial charge on any atom is -0.448 e. The van der Waals surface area contributed by atoms with Crippen LogP contribution in [0.2, 0.25) is 0 Å². The number of rotatable bonds is 6. The molecule has 142 valence electrons. The summed E-state index contributed by atoms with van der Waals surface area (Å²) >= 11 is 1.14. The number of amides is 1. The van der Waals surface area contributed by atoms with E-state index in [4.69, 9.17) is 4.74 Å². The minimum atomic E-state index is -1.08. The van der Waals surface area contributed by atoms with Gasteiger partial charge in [-0.05, 0) is 6.92 Å². The first-order valence-electron chi connectivity index (χ1n) is 7.92. The molecule has 1 unspecified atom stereocenters. The summed E-state index contributed by atoms with van der Waals surface area (Å²) in [5, 5.41) is 15.4. The zero-order valence-electron chi connectivity index (χ0n) is 14.4. The summed E-state index contributed by atoms with van der Waals surface area (Å²) in [4.78, 5) is 46.3. The fraction of sp³-hybridized carbons (Fsp3) is 0.118. The fourth-order valence-corrected chi connectivity index (χ4v) is 2.85. The summed E-state index contributed by atoms with van der Waals surface area (Å²) in [5.74, 6) is -1.34. The molecule has 1 N–H and O–H groups in total. The van der Waals surface area contributed by atoms with Gasteiger partial charge in [-0.2, -0.15) is 0 Å². The highest BCUT2D eigenvalue weighted by Gasteiger charge is 2.21. The molecule has 3 rings (SSSR count). The third-order valence-corrected chi connectivity index (χ3v) is 4.27. The minimum absolute atomic E-state index is 0.00985. The monoisotopic (exact) mass is 399 g/mol. The van der Waals surface area contributed by atoms with E-state index in [9.17, 15) is 19.7 Å². The number of nitrogens with one attached hydrogen (secondary N) is 1. The number of nitrogens with zero attached hydrogens (tertiary/aromatic N) is 4. The van der Waals surface area contributed by atoms with E-state index in [1.165, 1.54) is 37.6 Å². The molecular formula is C17H13N5O5S. The number of hydrogen-bond acceptors (Lipinski definition) is 9.